The smallest absolute Gasteiger partial charge is 0.330 e. The van der Waals surface area contributed by atoms with E-state index in [-0.39, 0.29) is 25.2 Å². The summed E-state index contributed by atoms with van der Waals surface area (Å²) in [6.45, 7) is 5.74. The molecule has 12 heteroatoms. The van der Waals surface area contributed by atoms with E-state index >= 15 is 0 Å². The number of nitrogens with one attached hydrogen (secondary N) is 2. The summed E-state index contributed by atoms with van der Waals surface area (Å²) in [6.07, 6.45) is 2.60. The van der Waals surface area contributed by atoms with E-state index in [1.807, 2.05) is 20.8 Å². The number of rotatable bonds is 9. The van der Waals surface area contributed by atoms with Crippen LogP contribution in [0.2, 0.25) is 0 Å². The molecule has 2 aromatic heterocycles. The molecule has 2 aliphatic rings. The molecule has 4 rings (SSSR count). The van der Waals surface area contributed by atoms with E-state index in [9.17, 15) is 24.3 Å². The quantitative estimate of drug-likeness (QED) is 0.439. The van der Waals surface area contributed by atoms with E-state index in [4.69, 9.17) is 14.2 Å². The zero-order valence-electron chi connectivity index (χ0n) is 20.8. The maximum absolute atomic E-state index is 12.4. The molecule has 2 saturated heterocycles. The van der Waals surface area contributed by atoms with Crippen molar-refractivity contribution in [3.8, 4) is 0 Å². The van der Waals surface area contributed by atoms with E-state index in [2.05, 4.69) is 9.97 Å². The Bertz CT molecular complexity index is 1290. The minimum atomic E-state index is -0.865. The standard InChI is InChI=1S/C24H34N4O8/c1-4-7-16-17(9-20(35-16)28-11-14(6-3)22(31)26-24(28)33)34-12-18-15(29)8-19(36-18)27-10-13(5-2)21(30)25-23(27)32/h10-11,15-20,29H,4-9,12H2,1-3H3,(H,25,30,32)(H,26,31,33). The van der Waals surface area contributed by atoms with Gasteiger partial charge in [-0.15, -0.1) is 0 Å². The molecule has 4 heterocycles. The molecule has 0 bridgehead atoms. The molecule has 0 amide bonds. The minimum absolute atomic E-state index is 0.0676. The predicted octanol–water partition coefficient (Wildman–Crippen LogP) is 0.333. The van der Waals surface area contributed by atoms with Gasteiger partial charge in [-0.05, 0) is 19.3 Å². The fourth-order valence-electron chi connectivity index (χ4n) is 4.83. The number of aromatic amines is 2. The zero-order valence-corrected chi connectivity index (χ0v) is 20.8. The Morgan fingerprint density at radius 3 is 1.94 bits per heavy atom. The van der Waals surface area contributed by atoms with Gasteiger partial charge in [-0.1, -0.05) is 27.2 Å². The zero-order chi connectivity index (χ0) is 26.0. The minimum Gasteiger partial charge on any atom is -0.390 e. The van der Waals surface area contributed by atoms with E-state index in [0.717, 1.165) is 6.42 Å². The first-order valence-electron chi connectivity index (χ1n) is 12.5. The van der Waals surface area contributed by atoms with Crippen molar-refractivity contribution in [2.45, 2.75) is 96.2 Å². The summed E-state index contributed by atoms with van der Waals surface area (Å²) in [5, 5.41) is 10.6. The number of aromatic nitrogens is 4. The average molecular weight is 507 g/mol. The summed E-state index contributed by atoms with van der Waals surface area (Å²) in [4.78, 5) is 53.2. The van der Waals surface area contributed by atoms with Gasteiger partial charge in [-0.2, -0.15) is 0 Å². The van der Waals surface area contributed by atoms with Crippen LogP contribution >= 0.6 is 0 Å². The van der Waals surface area contributed by atoms with Crippen LogP contribution in [0.15, 0.2) is 31.6 Å². The predicted molar refractivity (Wildman–Crippen MR) is 129 cm³/mol. The second-order valence-electron chi connectivity index (χ2n) is 9.31. The third-order valence-electron chi connectivity index (χ3n) is 6.90. The molecule has 0 aromatic carbocycles. The number of hydrogen-bond donors (Lipinski definition) is 3. The Labute approximate surface area is 206 Å². The Balaban J connectivity index is 1.45. The van der Waals surface area contributed by atoms with Crippen molar-refractivity contribution in [2.75, 3.05) is 6.61 Å². The van der Waals surface area contributed by atoms with Gasteiger partial charge in [0.15, 0.2) is 0 Å². The number of nitrogens with zero attached hydrogens (tertiary/aromatic N) is 2. The van der Waals surface area contributed by atoms with Gasteiger partial charge < -0.3 is 19.3 Å². The lowest BCUT2D eigenvalue weighted by atomic mass is 10.1. The maximum atomic E-state index is 12.4. The molecule has 0 spiro atoms. The van der Waals surface area contributed by atoms with Crippen LogP contribution in [0.5, 0.6) is 0 Å². The van der Waals surface area contributed by atoms with Gasteiger partial charge in [0, 0.05) is 36.4 Å². The lowest BCUT2D eigenvalue weighted by Crippen LogP contribution is -2.34. The van der Waals surface area contributed by atoms with Crippen LogP contribution in [0.4, 0.5) is 0 Å². The molecule has 0 saturated carbocycles. The molecule has 3 N–H and O–H groups in total. The number of aliphatic hydroxyl groups is 1. The molecule has 2 fully saturated rings. The highest BCUT2D eigenvalue weighted by Crippen LogP contribution is 2.34. The van der Waals surface area contributed by atoms with Crippen LogP contribution in [0.1, 0.15) is 70.0 Å². The van der Waals surface area contributed by atoms with Crippen molar-refractivity contribution in [2.24, 2.45) is 0 Å². The molecule has 2 aliphatic heterocycles. The lowest BCUT2D eigenvalue weighted by molar-refractivity contribution is -0.0960. The highest BCUT2D eigenvalue weighted by molar-refractivity contribution is 5.06. The van der Waals surface area contributed by atoms with Crippen molar-refractivity contribution in [1.29, 1.82) is 0 Å². The Morgan fingerprint density at radius 1 is 0.889 bits per heavy atom. The van der Waals surface area contributed by atoms with Gasteiger partial charge >= 0.3 is 11.4 Å². The van der Waals surface area contributed by atoms with Crippen LogP contribution in [0.25, 0.3) is 0 Å². The van der Waals surface area contributed by atoms with Gasteiger partial charge in [0.2, 0.25) is 0 Å². The number of ether oxygens (including phenoxy) is 3. The molecule has 198 valence electrons. The summed E-state index contributed by atoms with van der Waals surface area (Å²) in [5.74, 6) is 0. The fraction of sp³-hybridized carbons (Fsp3) is 0.667. The Kier molecular flexibility index (Phi) is 8.08. The summed E-state index contributed by atoms with van der Waals surface area (Å²) in [7, 11) is 0. The summed E-state index contributed by atoms with van der Waals surface area (Å²) < 4.78 is 20.9. The molecule has 36 heavy (non-hydrogen) atoms. The maximum Gasteiger partial charge on any atom is 0.330 e. The first-order chi connectivity index (χ1) is 17.2. The molecule has 6 unspecified atom stereocenters. The SMILES string of the molecule is CCCC1OC(n2cc(CC)c(=O)[nH]c2=O)CC1OCC1OC(n2cc(CC)c(=O)[nH]c2=O)CC1O. The third-order valence-corrected chi connectivity index (χ3v) is 6.90. The first kappa shape index (κ1) is 26.3. The number of aryl methyl sites for hydroxylation is 2. The molecular formula is C24H34N4O8. The molecule has 0 radical (unpaired) electrons. The van der Waals surface area contributed by atoms with Crippen molar-refractivity contribution in [1.82, 2.24) is 19.1 Å². The van der Waals surface area contributed by atoms with Crippen LogP contribution in [-0.4, -0.2) is 55.2 Å². The molecule has 2 aromatic rings. The number of aliphatic hydroxyl groups excluding tert-OH is 1. The highest BCUT2D eigenvalue weighted by Gasteiger charge is 2.40. The largest absolute Gasteiger partial charge is 0.390 e. The summed E-state index contributed by atoms with van der Waals surface area (Å²) >= 11 is 0. The summed E-state index contributed by atoms with van der Waals surface area (Å²) in [5.41, 5.74) is -1.01. The average Bonchev–Trinajstić information content (AvgIpc) is 3.41. The van der Waals surface area contributed by atoms with Crippen LogP contribution in [-0.2, 0) is 27.1 Å². The van der Waals surface area contributed by atoms with Gasteiger partial charge in [-0.3, -0.25) is 28.7 Å². The second-order valence-corrected chi connectivity index (χ2v) is 9.31. The Hall–Kier alpha value is -2.80. The summed E-state index contributed by atoms with van der Waals surface area (Å²) in [6, 6.07) is 0. The molecular weight excluding hydrogens is 472 g/mol. The van der Waals surface area contributed by atoms with Crippen molar-refractivity contribution in [3.63, 3.8) is 0 Å². The third kappa shape index (κ3) is 5.31. The number of hydrogen-bond acceptors (Lipinski definition) is 8. The van der Waals surface area contributed by atoms with Crippen molar-refractivity contribution < 1.29 is 19.3 Å². The highest BCUT2D eigenvalue weighted by atomic mass is 16.6. The van der Waals surface area contributed by atoms with Gasteiger partial charge in [0.1, 0.15) is 18.6 Å². The van der Waals surface area contributed by atoms with E-state index in [1.165, 1.54) is 21.5 Å². The van der Waals surface area contributed by atoms with Crippen molar-refractivity contribution >= 4 is 0 Å². The first-order valence-corrected chi connectivity index (χ1v) is 12.5. The molecule has 6 atom stereocenters. The van der Waals surface area contributed by atoms with Crippen molar-refractivity contribution in [3.05, 3.63) is 65.2 Å². The number of H-pyrrole nitrogens is 2. The molecule has 12 nitrogen and oxygen atoms in total. The Morgan fingerprint density at radius 2 is 1.42 bits per heavy atom. The fourth-order valence-corrected chi connectivity index (χ4v) is 4.83. The van der Waals surface area contributed by atoms with Gasteiger partial charge in [0.05, 0.1) is 24.9 Å². The second kappa shape index (κ2) is 11.1. The van der Waals surface area contributed by atoms with E-state index in [1.54, 1.807) is 0 Å². The van der Waals surface area contributed by atoms with Crippen LogP contribution in [0.3, 0.4) is 0 Å². The van der Waals surface area contributed by atoms with E-state index in [0.29, 0.717) is 36.8 Å². The van der Waals surface area contributed by atoms with Gasteiger partial charge in [-0.25, -0.2) is 9.59 Å². The topological polar surface area (TPSA) is 158 Å². The lowest BCUT2D eigenvalue weighted by Gasteiger charge is -2.22. The monoisotopic (exact) mass is 506 g/mol. The van der Waals surface area contributed by atoms with E-state index < -0.39 is 47.2 Å². The van der Waals surface area contributed by atoms with Gasteiger partial charge in [0.25, 0.3) is 11.1 Å². The van der Waals surface area contributed by atoms with Crippen LogP contribution in [0, 0.1) is 0 Å². The van der Waals surface area contributed by atoms with Crippen LogP contribution < -0.4 is 22.5 Å². The molecule has 0 aliphatic carbocycles. The normalized spacial score (nSPS) is 28.1.